The van der Waals surface area contributed by atoms with Gasteiger partial charge in [0.05, 0.1) is 11.0 Å². The smallest absolute Gasteiger partial charge is 0.275 e. The van der Waals surface area contributed by atoms with E-state index in [2.05, 4.69) is 0 Å². The van der Waals surface area contributed by atoms with Crippen LogP contribution in [0.2, 0.25) is 0 Å². The number of non-ortho nitro benzene ring substituents is 1. The van der Waals surface area contributed by atoms with Crippen molar-refractivity contribution in [3.8, 4) is 5.75 Å². The number of nitro groups is 1. The summed E-state index contributed by atoms with van der Waals surface area (Å²) in [4.78, 5) is 9.53. The van der Waals surface area contributed by atoms with E-state index in [0.29, 0.717) is 0 Å². The fourth-order valence-corrected chi connectivity index (χ4v) is 0.723. The summed E-state index contributed by atoms with van der Waals surface area (Å²) in [6, 6.07) is 3.46. The standard InChI is InChI=1S/C6H6N2O3/c7-4-1-5(8(10)11)3-6(9)2-4/h1-3,9H,7H2. The van der Waals surface area contributed by atoms with Crippen molar-refractivity contribution in [1.82, 2.24) is 0 Å². The quantitative estimate of drug-likeness (QED) is 0.357. The van der Waals surface area contributed by atoms with Crippen LogP contribution in [0.5, 0.6) is 5.75 Å². The molecule has 0 bridgehead atoms. The van der Waals surface area contributed by atoms with Gasteiger partial charge in [0.2, 0.25) is 0 Å². The minimum absolute atomic E-state index is 0.178. The Morgan fingerprint density at radius 2 is 2.09 bits per heavy atom. The molecule has 0 heterocycles. The van der Waals surface area contributed by atoms with Crippen molar-refractivity contribution in [3.05, 3.63) is 28.3 Å². The zero-order valence-corrected chi connectivity index (χ0v) is 5.52. The molecule has 0 atom stereocenters. The maximum Gasteiger partial charge on any atom is 0.275 e. The van der Waals surface area contributed by atoms with Gasteiger partial charge in [-0.15, -0.1) is 0 Å². The number of hydrogen-bond acceptors (Lipinski definition) is 4. The van der Waals surface area contributed by atoms with Gasteiger partial charge in [0, 0.05) is 17.8 Å². The first-order valence-electron chi connectivity index (χ1n) is 2.83. The highest BCUT2D eigenvalue weighted by Crippen LogP contribution is 2.22. The van der Waals surface area contributed by atoms with E-state index in [9.17, 15) is 10.1 Å². The molecule has 1 aromatic rings. The molecule has 0 unspecified atom stereocenters. The third-order valence-corrected chi connectivity index (χ3v) is 1.14. The number of anilines is 1. The van der Waals surface area contributed by atoms with Crippen LogP contribution in [0.25, 0.3) is 0 Å². The van der Waals surface area contributed by atoms with E-state index in [1.54, 1.807) is 0 Å². The monoisotopic (exact) mass is 154 g/mol. The zero-order chi connectivity index (χ0) is 8.43. The molecule has 0 aliphatic rings. The van der Waals surface area contributed by atoms with Crippen LogP contribution in [0.4, 0.5) is 11.4 Å². The number of phenolic OH excluding ortho intramolecular Hbond substituents is 1. The number of nitrogens with zero attached hydrogens (tertiary/aromatic N) is 1. The van der Waals surface area contributed by atoms with Crippen LogP contribution in [0.1, 0.15) is 0 Å². The van der Waals surface area contributed by atoms with E-state index in [1.165, 1.54) is 12.1 Å². The third kappa shape index (κ3) is 1.57. The topological polar surface area (TPSA) is 89.4 Å². The molecule has 11 heavy (non-hydrogen) atoms. The summed E-state index contributed by atoms with van der Waals surface area (Å²) < 4.78 is 0. The molecule has 1 rings (SSSR count). The second kappa shape index (κ2) is 2.45. The second-order valence-electron chi connectivity index (χ2n) is 2.04. The first-order valence-corrected chi connectivity index (χ1v) is 2.83. The Kier molecular flexibility index (Phi) is 1.63. The van der Waals surface area contributed by atoms with Crippen molar-refractivity contribution in [2.24, 2.45) is 0 Å². The number of rotatable bonds is 1. The van der Waals surface area contributed by atoms with Gasteiger partial charge in [-0.05, 0) is 0 Å². The van der Waals surface area contributed by atoms with E-state index in [0.717, 1.165) is 6.07 Å². The largest absolute Gasteiger partial charge is 0.508 e. The van der Waals surface area contributed by atoms with Gasteiger partial charge >= 0.3 is 0 Å². The summed E-state index contributed by atoms with van der Waals surface area (Å²) in [5, 5.41) is 19.0. The lowest BCUT2D eigenvalue weighted by atomic mass is 10.3. The highest BCUT2D eigenvalue weighted by molar-refractivity contribution is 5.52. The predicted octanol–water partition coefficient (Wildman–Crippen LogP) is 0.883. The van der Waals surface area contributed by atoms with Crippen LogP contribution in [0.15, 0.2) is 18.2 Å². The van der Waals surface area contributed by atoms with Crippen LogP contribution in [-0.4, -0.2) is 10.0 Å². The summed E-state index contributed by atoms with van der Waals surface area (Å²) in [5.74, 6) is -0.197. The Morgan fingerprint density at radius 1 is 1.45 bits per heavy atom. The van der Waals surface area contributed by atoms with Gasteiger partial charge in [0.15, 0.2) is 0 Å². The molecule has 1 aromatic carbocycles. The summed E-state index contributed by atoms with van der Waals surface area (Å²) in [7, 11) is 0. The molecule has 3 N–H and O–H groups in total. The van der Waals surface area contributed by atoms with E-state index in [4.69, 9.17) is 10.8 Å². The molecule has 0 amide bonds. The van der Waals surface area contributed by atoms with E-state index in [-0.39, 0.29) is 17.1 Å². The Bertz CT molecular complexity index is 278. The number of aromatic hydroxyl groups is 1. The molecule has 0 saturated carbocycles. The Morgan fingerprint density at radius 3 is 2.55 bits per heavy atom. The van der Waals surface area contributed by atoms with Gasteiger partial charge < -0.3 is 10.8 Å². The Balaban J connectivity index is 3.19. The Labute approximate surface area is 62.2 Å². The molecule has 5 nitrogen and oxygen atoms in total. The van der Waals surface area contributed by atoms with Crippen molar-refractivity contribution in [2.75, 3.05) is 5.73 Å². The summed E-state index contributed by atoms with van der Waals surface area (Å²) in [5.41, 5.74) is 5.20. The van der Waals surface area contributed by atoms with Crippen molar-refractivity contribution in [3.63, 3.8) is 0 Å². The second-order valence-corrected chi connectivity index (χ2v) is 2.04. The molecular formula is C6H6N2O3. The lowest BCUT2D eigenvalue weighted by molar-refractivity contribution is -0.384. The van der Waals surface area contributed by atoms with Gasteiger partial charge in [-0.2, -0.15) is 0 Å². The van der Waals surface area contributed by atoms with Crippen molar-refractivity contribution in [1.29, 1.82) is 0 Å². The van der Waals surface area contributed by atoms with E-state index >= 15 is 0 Å². The first-order chi connectivity index (χ1) is 5.09. The van der Waals surface area contributed by atoms with Gasteiger partial charge in [0.25, 0.3) is 5.69 Å². The van der Waals surface area contributed by atoms with E-state index in [1.807, 2.05) is 0 Å². The van der Waals surface area contributed by atoms with Gasteiger partial charge in [-0.25, -0.2) is 0 Å². The van der Waals surface area contributed by atoms with Crippen LogP contribution in [0, 0.1) is 10.1 Å². The minimum atomic E-state index is -0.615. The number of nitrogens with two attached hydrogens (primary N) is 1. The van der Waals surface area contributed by atoms with Crippen molar-refractivity contribution >= 4 is 11.4 Å². The molecule has 0 aliphatic heterocycles. The minimum Gasteiger partial charge on any atom is -0.508 e. The van der Waals surface area contributed by atoms with Gasteiger partial charge in [0.1, 0.15) is 5.75 Å². The van der Waals surface area contributed by atoms with Gasteiger partial charge in [-0.3, -0.25) is 10.1 Å². The molecule has 0 aliphatic carbocycles. The fourth-order valence-electron chi connectivity index (χ4n) is 0.723. The van der Waals surface area contributed by atoms with Crippen LogP contribution < -0.4 is 5.73 Å². The lowest BCUT2D eigenvalue weighted by Gasteiger charge is -1.94. The highest BCUT2D eigenvalue weighted by atomic mass is 16.6. The molecule has 0 radical (unpaired) electrons. The van der Waals surface area contributed by atoms with E-state index < -0.39 is 4.92 Å². The summed E-state index contributed by atoms with van der Waals surface area (Å²) in [6.45, 7) is 0. The predicted molar refractivity (Wildman–Crippen MR) is 39.2 cm³/mol. The number of phenols is 1. The molecule has 5 heteroatoms. The average molecular weight is 154 g/mol. The normalized spacial score (nSPS) is 9.45. The molecule has 0 spiro atoms. The maximum atomic E-state index is 10.1. The lowest BCUT2D eigenvalue weighted by Crippen LogP contribution is -1.90. The van der Waals surface area contributed by atoms with Crippen LogP contribution in [0.3, 0.4) is 0 Å². The molecule has 0 aromatic heterocycles. The highest BCUT2D eigenvalue weighted by Gasteiger charge is 2.06. The zero-order valence-electron chi connectivity index (χ0n) is 5.52. The van der Waals surface area contributed by atoms with Crippen molar-refractivity contribution < 1.29 is 10.0 Å². The Hall–Kier alpha value is -1.78. The first kappa shape index (κ1) is 7.33. The number of nitrogen functional groups attached to an aromatic ring is 1. The summed E-state index contributed by atoms with van der Waals surface area (Å²) in [6.07, 6.45) is 0. The molecule has 0 saturated heterocycles. The van der Waals surface area contributed by atoms with Gasteiger partial charge in [-0.1, -0.05) is 0 Å². The maximum absolute atomic E-state index is 10.1. The average Bonchev–Trinajstić information content (AvgIpc) is 1.85. The molecule has 0 fully saturated rings. The number of nitro benzene ring substituents is 1. The van der Waals surface area contributed by atoms with Crippen LogP contribution in [-0.2, 0) is 0 Å². The summed E-state index contributed by atoms with van der Waals surface area (Å²) >= 11 is 0. The SMILES string of the molecule is Nc1cc(O)cc([N+](=O)[O-])c1. The third-order valence-electron chi connectivity index (χ3n) is 1.14. The van der Waals surface area contributed by atoms with Crippen molar-refractivity contribution in [2.45, 2.75) is 0 Å². The number of hydrogen-bond donors (Lipinski definition) is 2. The fraction of sp³-hybridized carbons (Fsp3) is 0. The number of benzene rings is 1. The van der Waals surface area contributed by atoms with Crippen LogP contribution >= 0.6 is 0 Å². The molecule has 58 valence electrons. The molecular weight excluding hydrogens is 148 g/mol.